The summed E-state index contributed by atoms with van der Waals surface area (Å²) in [4.78, 5) is 12.5. The zero-order chi connectivity index (χ0) is 14.6. The Balaban J connectivity index is 2.26. The summed E-state index contributed by atoms with van der Waals surface area (Å²) in [5, 5.41) is 3.38. The van der Waals surface area contributed by atoms with Gasteiger partial charge in [-0.05, 0) is 32.9 Å². The molecule has 20 heavy (non-hydrogen) atoms. The first kappa shape index (κ1) is 14.9. The van der Waals surface area contributed by atoms with Gasteiger partial charge in [-0.1, -0.05) is 18.2 Å². The van der Waals surface area contributed by atoms with Crippen molar-refractivity contribution in [2.45, 2.75) is 44.8 Å². The number of para-hydroxylation sites is 1. The van der Waals surface area contributed by atoms with Gasteiger partial charge >= 0.3 is 5.97 Å². The summed E-state index contributed by atoms with van der Waals surface area (Å²) in [5.74, 6) is -0.194. The highest BCUT2D eigenvalue weighted by atomic mass is 16.5. The molecule has 1 heterocycles. The summed E-state index contributed by atoms with van der Waals surface area (Å²) in [7, 11) is 0. The topological polar surface area (TPSA) is 47.6 Å². The minimum atomic E-state index is -0.709. The Morgan fingerprint density at radius 2 is 2.05 bits per heavy atom. The molecule has 1 atom stereocenters. The first-order chi connectivity index (χ1) is 9.47. The summed E-state index contributed by atoms with van der Waals surface area (Å²) in [5.41, 5.74) is -0.121. The highest BCUT2D eigenvalue weighted by molar-refractivity contribution is 5.85. The number of anilines is 1. The molecule has 2 rings (SSSR count). The van der Waals surface area contributed by atoms with Gasteiger partial charge in [0.2, 0.25) is 0 Å². The lowest BCUT2D eigenvalue weighted by Gasteiger charge is -2.43. The second-order valence-corrected chi connectivity index (χ2v) is 5.83. The van der Waals surface area contributed by atoms with E-state index in [-0.39, 0.29) is 11.6 Å². The lowest BCUT2D eigenvalue weighted by Crippen LogP contribution is -2.56. The van der Waals surface area contributed by atoms with Crippen molar-refractivity contribution in [1.29, 1.82) is 0 Å². The van der Waals surface area contributed by atoms with E-state index in [0.29, 0.717) is 26.1 Å². The number of carbonyl (C=O) groups excluding carboxylic acids is 1. The Morgan fingerprint density at radius 3 is 2.65 bits per heavy atom. The van der Waals surface area contributed by atoms with Gasteiger partial charge in [-0.2, -0.15) is 0 Å². The summed E-state index contributed by atoms with van der Waals surface area (Å²) >= 11 is 0. The van der Waals surface area contributed by atoms with Crippen molar-refractivity contribution < 1.29 is 14.3 Å². The van der Waals surface area contributed by atoms with Crippen LogP contribution in [0.1, 0.15) is 33.6 Å². The Labute approximate surface area is 120 Å². The number of carbonyl (C=O) groups is 1. The average Bonchev–Trinajstić information content (AvgIpc) is 2.39. The molecule has 1 aliphatic heterocycles. The minimum Gasteiger partial charge on any atom is -0.464 e. The van der Waals surface area contributed by atoms with Gasteiger partial charge < -0.3 is 14.8 Å². The van der Waals surface area contributed by atoms with Crippen molar-refractivity contribution >= 4 is 11.7 Å². The van der Waals surface area contributed by atoms with Crippen molar-refractivity contribution in [1.82, 2.24) is 0 Å². The third kappa shape index (κ3) is 3.31. The van der Waals surface area contributed by atoms with Crippen LogP contribution in [0.4, 0.5) is 5.69 Å². The number of nitrogens with one attached hydrogen (secondary N) is 1. The van der Waals surface area contributed by atoms with Crippen molar-refractivity contribution in [2.24, 2.45) is 0 Å². The summed E-state index contributed by atoms with van der Waals surface area (Å²) in [6, 6.07) is 9.78. The van der Waals surface area contributed by atoms with Crippen LogP contribution in [0.15, 0.2) is 30.3 Å². The van der Waals surface area contributed by atoms with Gasteiger partial charge in [0, 0.05) is 18.5 Å². The zero-order valence-electron chi connectivity index (χ0n) is 12.4. The molecule has 0 aliphatic carbocycles. The molecule has 0 saturated carbocycles. The second kappa shape index (κ2) is 5.83. The normalized spacial score (nSPS) is 24.9. The van der Waals surface area contributed by atoms with E-state index < -0.39 is 5.54 Å². The molecular weight excluding hydrogens is 254 g/mol. The molecule has 4 heteroatoms. The van der Waals surface area contributed by atoms with Crippen LogP contribution in [-0.2, 0) is 14.3 Å². The van der Waals surface area contributed by atoms with E-state index in [1.807, 2.05) is 51.1 Å². The maximum Gasteiger partial charge on any atom is 0.331 e. The standard InChI is InChI=1S/C16H23NO3/c1-4-19-14(18)16(10-11-20-15(2,3)12-16)17-13-8-6-5-7-9-13/h5-9,17H,4,10-12H2,1-3H3. The quantitative estimate of drug-likeness (QED) is 0.859. The number of benzene rings is 1. The molecule has 0 radical (unpaired) electrons. The van der Waals surface area contributed by atoms with Gasteiger partial charge in [-0.3, -0.25) is 0 Å². The van der Waals surface area contributed by atoms with Gasteiger partial charge in [0.05, 0.1) is 18.8 Å². The van der Waals surface area contributed by atoms with E-state index in [4.69, 9.17) is 9.47 Å². The predicted octanol–water partition coefficient (Wildman–Crippen LogP) is 2.99. The fourth-order valence-electron chi connectivity index (χ4n) is 2.77. The number of ether oxygens (including phenoxy) is 2. The average molecular weight is 277 g/mol. The highest BCUT2D eigenvalue weighted by Gasteiger charge is 2.47. The highest BCUT2D eigenvalue weighted by Crippen LogP contribution is 2.35. The molecule has 0 spiro atoms. The van der Waals surface area contributed by atoms with Crippen LogP contribution in [0.5, 0.6) is 0 Å². The molecule has 1 aromatic carbocycles. The third-order valence-corrected chi connectivity index (χ3v) is 3.57. The second-order valence-electron chi connectivity index (χ2n) is 5.83. The molecular formula is C16H23NO3. The summed E-state index contributed by atoms with van der Waals surface area (Å²) < 4.78 is 11.0. The molecule has 1 aromatic rings. The number of esters is 1. The Hall–Kier alpha value is -1.55. The molecule has 1 unspecified atom stereocenters. The molecule has 1 N–H and O–H groups in total. The van der Waals surface area contributed by atoms with Crippen LogP contribution in [0.2, 0.25) is 0 Å². The van der Waals surface area contributed by atoms with Crippen LogP contribution in [0.25, 0.3) is 0 Å². The van der Waals surface area contributed by atoms with E-state index in [0.717, 1.165) is 5.69 Å². The molecule has 4 nitrogen and oxygen atoms in total. The maximum atomic E-state index is 12.5. The number of rotatable bonds is 4. The van der Waals surface area contributed by atoms with Crippen molar-refractivity contribution in [3.05, 3.63) is 30.3 Å². The van der Waals surface area contributed by atoms with Crippen molar-refractivity contribution in [3.8, 4) is 0 Å². The smallest absolute Gasteiger partial charge is 0.331 e. The van der Waals surface area contributed by atoms with Crippen LogP contribution in [0, 0.1) is 0 Å². The lowest BCUT2D eigenvalue weighted by molar-refractivity contribution is -0.158. The van der Waals surface area contributed by atoms with Crippen LogP contribution >= 0.6 is 0 Å². The maximum absolute atomic E-state index is 12.5. The largest absolute Gasteiger partial charge is 0.464 e. The molecule has 0 bridgehead atoms. The zero-order valence-corrected chi connectivity index (χ0v) is 12.4. The van der Waals surface area contributed by atoms with E-state index >= 15 is 0 Å². The lowest BCUT2D eigenvalue weighted by atomic mass is 9.81. The molecule has 0 amide bonds. The first-order valence-corrected chi connectivity index (χ1v) is 7.12. The molecule has 0 aromatic heterocycles. The van der Waals surface area contributed by atoms with E-state index in [2.05, 4.69) is 5.32 Å². The Bertz CT molecular complexity index is 458. The monoisotopic (exact) mass is 277 g/mol. The molecule has 1 aliphatic rings. The van der Waals surface area contributed by atoms with Gasteiger partial charge in [-0.15, -0.1) is 0 Å². The van der Waals surface area contributed by atoms with Gasteiger partial charge in [0.15, 0.2) is 0 Å². The summed E-state index contributed by atoms with van der Waals surface area (Å²) in [6.07, 6.45) is 1.21. The number of hydrogen-bond acceptors (Lipinski definition) is 4. The van der Waals surface area contributed by atoms with E-state index in [1.54, 1.807) is 0 Å². The minimum absolute atomic E-state index is 0.194. The SMILES string of the molecule is CCOC(=O)C1(Nc2ccccc2)CCOC(C)(C)C1. The third-order valence-electron chi connectivity index (χ3n) is 3.57. The van der Waals surface area contributed by atoms with Crippen LogP contribution < -0.4 is 5.32 Å². The van der Waals surface area contributed by atoms with Gasteiger partial charge in [0.25, 0.3) is 0 Å². The molecule has 110 valence electrons. The van der Waals surface area contributed by atoms with E-state index in [9.17, 15) is 4.79 Å². The Kier molecular flexibility index (Phi) is 4.33. The van der Waals surface area contributed by atoms with Crippen LogP contribution in [-0.4, -0.2) is 30.3 Å². The van der Waals surface area contributed by atoms with Crippen LogP contribution in [0.3, 0.4) is 0 Å². The molecule has 1 fully saturated rings. The van der Waals surface area contributed by atoms with Crippen molar-refractivity contribution in [3.63, 3.8) is 0 Å². The predicted molar refractivity (Wildman–Crippen MR) is 78.7 cm³/mol. The number of hydrogen-bond donors (Lipinski definition) is 1. The summed E-state index contributed by atoms with van der Waals surface area (Å²) in [6.45, 7) is 6.78. The van der Waals surface area contributed by atoms with E-state index in [1.165, 1.54) is 0 Å². The fourth-order valence-corrected chi connectivity index (χ4v) is 2.77. The molecule has 1 saturated heterocycles. The van der Waals surface area contributed by atoms with Gasteiger partial charge in [-0.25, -0.2) is 4.79 Å². The fraction of sp³-hybridized carbons (Fsp3) is 0.562. The van der Waals surface area contributed by atoms with Gasteiger partial charge in [0.1, 0.15) is 5.54 Å². The van der Waals surface area contributed by atoms with Crippen molar-refractivity contribution in [2.75, 3.05) is 18.5 Å². The first-order valence-electron chi connectivity index (χ1n) is 7.12. The Morgan fingerprint density at radius 1 is 1.35 bits per heavy atom.